The molecule has 0 bridgehead atoms. The highest BCUT2D eigenvalue weighted by Crippen LogP contribution is 2.20. The highest BCUT2D eigenvalue weighted by molar-refractivity contribution is 6.30. The molecule has 0 radical (unpaired) electrons. The molecule has 0 aromatic heterocycles. The van der Waals surface area contributed by atoms with Crippen molar-refractivity contribution >= 4 is 23.4 Å². The number of carbonyl (C=O) groups excluding carboxylic acids is 2. The van der Waals surface area contributed by atoms with Crippen LogP contribution in [0.2, 0.25) is 5.02 Å². The summed E-state index contributed by atoms with van der Waals surface area (Å²) in [5, 5.41) is 3.65. The maximum atomic E-state index is 12.8. The molecule has 2 amide bonds. The summed E-state index contributed by atoms with van der Waals surface area (Å²) in [7, 11) is 0. The molecule has 30 heavy (non-hydrogen) atoms. The molecule has 1 heterocycles. The average molecular weight is 429 g/mol. The summed E-state index contributed by atoms with van der Waals surface area (Å²) < 4.78 is 5.85. The predicted octanol–water partition coefficient (Wildman–Crippen LogP) is 4.65. The van der Waals surface area contributed by atoms with Gasteiger partial charge in [-0.15, -0.1) is 0 Å². The Morgan fingerprint density at radius 3 is 2.17 bits per heavy atom. The van der Waals surface area contributed by atoms with E-state index in [-0.39, 0.29) is 17.9 Å². The normalized spacial score (nSPS) is 15.7. The number of hydrogen-bond donors (Lipinski definition) is 1. The minimum absolute atomic E-state index is 0.0228. The molecular weight excluding hydrogens is 400 g/mol. The van der Waals surface area contributed by atoms with Crippen LogP contribution in [0.4, 0.5) is 0 Å². The van der Waals surface area contributed by atoms with Gasteiger partial charge in [-0.3, -0.25) is 9.59 Å². The van der Waals surface area contributed by atoms with E-state index in [0.29, 0.717) is 35.3 Å². The third kappa shape index (κ3) is 5.76. The van der Waals surface area contributed by atoms with Crippen LogP contribution in [0.25, 0.3) is 0 Å². The lowest BCUT2D eigenvalue weighted by atomic mass is 10.0. The van der Waals surface area contributed by atoms with Crippen LogP contribution in [0.1, 0.15) is 55.5 Å². The Labute approximate surface area is 183 Å². The van der Waals surface area contributed by atoms with Crippen LogP contribution < -0.4 is 10.1 Å². The highest BCUT2D eigenvalue weighted by Gasteiger charge is 2.28. The maximum absolute atomic E-state index is 12.8. The van der Waals surface area contributed by atoms with E-state index in [9.17, 15) is 9.59 Å². The molecule has 1 N–H and O–H groups in total. The van der Waals surface area contributed by atoms with Gasteiger partial charge < -0.3 is 15.0 Å². The molecule has 3 rings (SSSR count). The first kappa shape index (κ1) is 22.2. The van der Waals surface area contributed by atoms with Gasteiger partial charge in [-0.2, -0.15) is 0 Å². The predicted molar refractivity (Wildman–Crippen MR) is 119 cm³/mol. The second-order valence-corrected chi connectivity index (χ2v) is 8.50. The van der Waals surface area contributed by atoms with Gasteiger partial charge in [-0.05, 0) is 67.6 Å². The second-order valence-electron chi connectivity index (χ2n) is 8.06. The summed E-state index contributed by atoms with van der Waals surface area (Å²) in [5.41, 5.74) is 1.83. The van der Waals surface area contributed by atoms with Crippen LogP contribution in [0.15, 0.2) is 48.5 Å². The second kappa shape index (κ2) is 9.98. The fourth-order valence-electron chi connectivity index (χ4n) is 3.56. The minimum atomic E-state index is -0.546. The first-order valence-corrected chi connectivity index (χ1v) is 10.8. The van der Waals surface area contributed by atoms with Crippen molar-refractivity contribution < 1.29 is 14.3 Å². The van der Waals surface area contributed by atoms with Gasteiger partial charge in [-0.1, -0.05) is 37.6 Å². The molecule has 2 aromatic rings. The molecule has 160 valence electrons. The van der Waals surface area contributed by atoms with Crippen molar-refractivity contribution in [2.45, 2.75) is 51.7 Å². The lowest BCUT2D eigenvalue weighted by Crippen LogP contribution is -2.49. The Balaban J connectivity index is 1.47. The Bertz CT molecular complexity index is 857. The van der Waals surface area contributed by atoms with Crippen molar-refractivity contribution in [2.75, 3.05) is 13.1 Å². The Hall–Kier alpha value is -2.53. The number of carbonyl (C=O) groups is 2. The largest absolute Gasteiger partial charge is 0.481 e. The molecule has 1 saturated heterocycles. The fraction of sp³-hybridized carbons (Fsp3) is 0.417. The smallest absolute Gasteiger partial charge is 0.263 e. The molecule has 2 aromatic carbocycles. The first-order chi connectivity index (χ1) is 14.3. The maximum Gasteiger partial charge on any atom is 0.263 e. The quantitative estimate of drug-likeness (QED) is 0.728. The fourth-order valence-corrected chi connectivity index (χ4v) is 3.68. The number of nitrogens with one attached hydrogen (secondary N) is 1. The van der Waals surface area contributed by atoms with Gasteiger partial charge in [0, 0.05) is 29.7 Å². The Morgan fingerprint density at radius 2 is 1.60 bits per heavy atom. The number of rotatable bonds is 6. The van der Waals surface area contributed by atoms with Crippen molar-refractivity contribution in [3.8, 4) is 5.75 Å². The van der Waals surface area contributed by atoms with E-state index in [1.165, 1.54) is 5.56 Å². The van der Waals surface area contributed by atoms with Gasteiger partial charge in [0.2, 0.25) is 0 Å². The van der Waals surface area contributed by atoms with Crippen LogP contribution in [-0.4, -0.2) is 41.9 Å². The van der Waals surface area contributed by atoms with Gasteiger partial charge in [0.05, 0.1) is 0 Å². The molecular formula is C24H29ClN2O3. The first-order valence-electron chi connectivity index (χ1n) is 10.5. The van der Waals surface area contributed by atoms with Crippen LogP contribution >= 0.6 is 11.6 Å². The number of likely N-dealkylation sites (tertiary alicyclic amines) is 1. The number of nitrogens with zero attached hydrogens (tertiary/aromatic N) is 1. The summed E-state index contributed by atoms with van der Waals surface area (Å²) in [4.78, 5) is 26.9. The molecule has 1 aliphatic rings. The molecule has 1 fully saturated rings. The summed E-state index contributed by atoms with van der Waals surface area (Å²) in [6.45, 7) is 7.27. The van der Waals surface area contributed by atoms with Crippen molar-refractivity contribution in [3.05, 3.63) is 64.7 Å². The number of benzene rings is 2. The average Bonchev–Trinajstić information content (AvgIpc) is 2.74. The summed E-state index contributed by atoms with van der Waals surface area (Å²) in [6, 6.07) is 14.8. The molecule has 5 nitrogen and oxygen atoms in total. The van der Waals surface area contributed by atoms with Crippen LogP contribution in [0.5, 0.6) is 5.75 Å². The Morgan fingerprint density at radius 1 is 1.00 bits per heavy atom. The number of halogens is 1. The standard InChI is InChI=1S/C24H29ClN2O3/c1-16(2)18-6-10-22(11-7-18)30-17(3)24(29)27-14-12-21(13-15-27)26-23(28)19-4-8-20(25)9-5-19/h4-11,16-17,21H,12-15H2,1-3H3,(H,26,28). The monoisotopic (exact) mass is 428 g/mol. The van der Waals surface area contributed by atoms with E-state index in [0.717, 1.165) is 12.8 Å². The van der Waals surface area contributed by atoms with E-state index >= 15 is 0 Å². The number of ether oxygens (including phenoxy) is 1. The highest BCUT2D eigenvalue weighted by atomic mass is 35.5. The lowest BCUT2D eigenvalue weighted by Gasteiger charge is -2.33. The SMILES string of the molecule is CC(Oc1ccc(C(C)C)cc1)C(=O)N1CCC(NC(=O)c2ccc(Cl)cc2)CC1. The van der Waals surface area contributed by atoms with Crippen LogP contribution in [0, 0.1) is 0 Å². The minimum Gasteiger partial charge on any atom is -0.481 e. The zero-order valence-corrected chi connectivity index (χ0v) is 18.5. The summed E-state index contributed by atoms with van der Waals surface area (Å²) >= 11 is 5.87. The van der Waals surface area contributed by atoms with Gasteiger partial charge >= 0.3 is 0 Å². The topological polar surface area (TPSA) is 58.6 Å². The van der Waals surface area contributed by atoms with E-state index in [2.05, 4.69) is 19.2 Å². The van der Waals surface area contributed by atoms with Gasteiger partial charge in [0.15, 0.2) is 6.10 Å². The molecule has 6 heteroatoms. The molecule has 1 atom stereocenters. The van der Waals surface area contributed by atoms with E-state index in [4.69, 9.17) is 16.3 Å². The van der Waals surface area contributed by atoms with Crippen molar-refractivity contribution in [3.63, 3.8) is 0 Å². The van der Waals surface area contributed by atoms with Crippen molar-refractivity contribution in [1.82, 2.24) is 10.2 Å². The van der Waals surface area contributed by atoms with Gasteiger partial charge in [-0.25, -0.2) is 0 Å². The lowest BCUT2D eigenvalue weighted by molar-refractivity contribution is -0.139. The summed E-state index contributed by atoms with van der Waals surface area (Å²) in [5.74, 6) is 1.02. The zero-order chi connectivity index (χ0) is 21.7. The van der Waals surface area contributed by atoms with E-state index < -0.39 is 6.10 Å². The number of amides is 2. The molecule has 0 saturated carbocycles. The van der Waals surface area contributed by atoms with Crippen molar-refractivity contribution in [1.29, 1.82) is 0 Å². The molecule has 0 aliphatic carbocycles. The molecule has 1 aliphatic heterocycles. The van der Waals surface area contributed by atoms with Crippen LogP contribution in [0.3, 0.4) is 0 Å². The Kier molecular flexibility index (Phi) is 7.38. The number of hydrogen-bond acceptors (Lipinski definition) is 3. The summed E-state index contributed by atoms with van der Waals surface area (Å²) in [6.07, 6.45) is 0.900. The zero-order valence-electron chi connectivity index (χ0n) is 17.7. The molecule has 1 unspecified atom stereocenters. The van der Waals surface area contributed by atoms with Crippen molar-refractivity contribution in [2.24, 2.45) is 0 Å². The van der Waals surface area contributed by atoms with Gasteiger partial charge in [0.1, 0.15) is 5.75 Å². The van der Waals surface area contributed by atoms with Gasteiger partial charge in [0.25, 0.3) is 11.8 Å². The third-order valence-electron chi connectivity index (χ3n) is 5.46. The molecule has 0 spiro atoms. The third-order valence-corrected chi connectivity index (χ3v) is 5.71. The number of piperidine rings is 1. The van der Waals surface area contributed by atoms with E-state index in [1.54, 1.807) is 31.2 Å². The van der Waals surface area contributed by atoms with E-state index in [1.807, 2.05) is 29.2 Å². The van der Waals surface area contributed by atoms with Crippen LogP contribution in [-0.2, 0) is 4.79 Å².